The number of fused-ring (bicyclic) bond motifs is 1. The highest BCUT2D eigenvalue weighted by Gasteiger charge is 2.12. The lowest BCUT2D eigenvalue weighted by atomic mass is 10.0. The van der Waals surface area contributed by atoms with E-state index in [0.717, 1.165) is 27.8 Å². The molecule has 1 aromatic heterocycles. The van der Waals surface area contributed by atoms with Gasteiger partial charge in [0, 0.05) is 18.0 Å². The molecule has 106 valence electrons. The third-order valence-corrected chi connectivity index (χ3v) is 3.69. The molecule has 0 saturated heterocycles. The fraction of sp³-hybridized carbons (Fsp3) is 0.118. The summed E-state index contributed by atoms with van der Waals surface area (Å²) in [4.78, 5) is 11.2. The lowest BCUT2D eigenvalue weighted by Gasteiger charge is -2.05. The lowest BCUT2D eigenvalue weighted by Crippen LogP contribution is -2.03. The molecule has 0 aliphatic carbocycles. The summed E-state index contributed by atoms with van der Waals surface area (Å²) in [5.74, 6) is -0.105. The van der Waals surface area contributed by atoms with Gasteiger partial charge in [-0.1, -0.05) is 24.3 Å². The van der Waals surface area contributed by atoms with Gasteiger partial charge in [0.15, 0.2) is 0 Å². The van der Waals surface area contributed by atoms with Crippen molar-refractivity contribution in [1.82, 2.24) is 4.57 Å². The number of aromatic nitrogens is 1. The largest absolute Gasteiger partial charge is 0.497 e. The summed E-state index contributed by atoms with van der Waals surface area (Å²) in [6, 6.07) is 15.4. The summed E-state index contributed by atoms with van der Waals surface area (Å²) in [6.45, 7) is 0. The van der Waals surface area contributed by atoms with Crippen LogP contribution in [0.2, 0.25) is 0 Å². The van der Waals surface area contributed by atoms with Gasteiger partial charge in [0.1, 0.15) is 11.4 Å². The van der Waals surface area contributed by atoms with Crippen molar-refractivity contribution in [3.63, 3.8) is 0 Å². The van der Waals surface area contributed by atoms with Crippen molar-refractivity contribution in [3.8, 4) is 16.9 Å². The lowest BCUT2D eigenvalue weighted by molar-refractivity contribution is 0.0687. The Morgan fingerprint density at radius 3 is 2.33 bits per heavy atom. The zero-order valence-corrected chi connectivity index (χ0v) is 11.8. The zero-order valence-electron chi connectivity index (χ0n) is 11.8. The number of carboxylic acids is 1. The van der Waals surface area contributed by atoms with Gasteiger partial charge in [0.25, 0.3) is 0 Å². The Bertz CT molecular complexity index is 816. The number of aromatic carboxylic acids is 1. The van der Waals surface area contributed by atoms with Crippen LogP contribution in [0.4, 0.5) is 0 Å². The van der Waals surface area contributed by atoms with Crippen LogP contribution in [0.5, 0.6) is 5.75 Å². The Kier molecular flexibility index (Phi) is 3.14. The van der Waals surface area contributed by atoms with Crippen LogP contribution in [-0.2, 0) is 7.05 Å². The first-order valence-corrected chi connectivity index (χ1v) is 6.57. The van der Waals surface area contributed by atoms with Crippen LogP contribution in [0.1, 0.15) is 10.5 Å². The number of ether oxygens (including phenoxy) is 1. The molecule has 0 spiro atoms. The van der Waals surface area contributed by atoms with Gasteiger partial charge in [-0.2, -0.15) is 0 Å². The summed E-state index contributed by atoms with van der Waals surface area (Å²) in [7, 11) is 3.40. The molecule has 4 nitrogen and oxygen atoms in total. The first-order valence-electron chi connectivity index (χ1n) is 6.57. The van der Waals surface area contributed by atoms with E-state index in [0.29, 0.717) is 0 Å². The minimum atomic E-state index is -0.917. The van der Waals surface area contributed by atoms with Crippen molar-refractivity contribution in [2.75, 3.05) is 7.11 Å². The summed E-state index contributed by atoms with van der Waals surface area (Å²) < 4.78 is 6.85. The fourth-order valence-electron chi connectivity index (χ4n) is 2.50. The van der Waals surface area contributed by atoms with E-state index in [1.165, 1.54) is 0 Å². The molecule has 0 aliphatic rings. The summed E-state index contributed by atoms with van der Waals surface area (Å²) in [5.41, 5.74) is 3.30. The van der Waals surface area contributed by atoms with E-state index in [-0.39, 0.29) is 5.69 Å². The number of hydrogen-bond acceptors (Lipinski definition) is 2. The van der Waals surface area contributed by atoms with Crippen molar-refractivity contribution in [2.24, 2.45) is 7.05 Å². The molecule has 0 radical (unpaired) electrons. The minimum absolute atomic E-state index is 0.289. The molecule has 1 N–H and O–H groups in total. The maximum absolute atomic E-state index is 11.2. The molecule has 21 heavy (non-hydrogen) atoms. The van der Waals surface area contributed by atoms with Crippen LogP contribution in [0, 0.1) is 0 Å². The molecule has 0 amide bonds. The predicted octanol–water partition coefficient (Wildman–Crippen LogP) is 3.55. The van der Waals surface area contributed by atoms with E-state index < -0.39 is 5.97 Å². The molecule has 0 bridgehead atoms. The van der Waals surface area contributed by atoms with Crippen LogP contribution in [0.15, 0.2) is 48.5 Å². The van der Waals surface area contributed by atoms with Gasteiger partial charge in [0.05, 0.1) is 7.11 Å². The fourth-order valence-corrected chi connectivity index (χ4v) is 2.50. The number of methoxy groups -OCH3 is 1. The van der Waals surface area contributed by atoms with Crippen LogP contribution in [-0.4, -0.2) is 22.8 Å². The number of benzene rings is 2. The minimum Gasteiger partial charge on any atom is -0.497 e. The summed E-state index contributed by atoms with van der Waals surface area (Å²) >= 11 is 0. The first-order chi connectivity index (χ1) is 10.1. The van der Waals surface area contributed by atoms with E-state index in [1.807, 2.05) is 42.5 Å². The van der Waals surface area contributed by atoms with Crippen LogP contribution in [0.25, 0.3) is 22.0 Å². The van der Waals surface area contributed by atoms with Crippen molar-refractivity contribution >= 4 is 16.9 Å². The molecular formula is C17H15NO3. The molecule has 2 aromatic carbocycles. The first kappa shape index (κ1) is 13.2. The molecule has 3 aromatic rings. The Balaban J connectivity index is 2.11. The number of carbonyl (C=O) groups is 1. The standard InChI is InChI=1S/C17H15NO3/c1-18-15-9-12(11-5-7-14(21-2)8-6-11)3-4-13(15)10-16(18)17(19)20/h3-10H,1-2H3,(H,19,20). The smallest absolute Gasteiger partial charge is 0.352 e. The van der Waals surface area contributed by atoms with Crippen LogP contribution < -0.4 is 4.74 Å². The molecule has 0 aliphatic heterocycles. The molecule has 0 atom stereocenters. The molecule has 3 rings (SSSR count). The third-order valence-electron chi connectivity index (χ3n) is 3.69. The Labute approximate surface area is 122 Å². The van der Waals surface area contributed by atoms with Gasteiger partial charge in [0.2, 0.25) is 0 Å². The number of aryl methyl sites for hydroxylation is 1. The van der Waals surface area contributed by atoms with E-state index in [1.54, 1.807) is 24.8 Å². The van der Waals surface area contributed by atoms with Gasteiger partial charge < -0.3 is 14.4 Å². The second kappa shape index (κ2) is 4.98. The van der Waals surface area contributed by atoms with Crippen LogP contribution in [0.3, 0.4) is 0 Å². The summed E-state index contributed by atoms with van der Waals surface area (Å²) in [6.07, 6.45) is 0. The summed E-state index contributed by atoms with van der Waals surface area (Å²) in [5, 5.41) is 10.1. The predicted molar refractivity (Wildman–Crippen MR) is 81.9 cm³/mol. The highest BCUT2D eigenvalue weighted by Crippen LogP contribution is 2.27. The zero-order chi connectivity index (χ0) is 15.0. The Morgan fingerprint density at radius 1 is 1.05 bits per heavy atom. The molecule has 0 fully saturated rings. The normalized spacial score (nSPS) is 10.8. The topological polar surface area (TPSA) is 51.5 Å². The Morgan fingerprint density at radius 2 is 1.71 bits per heavy atom. The number of nitrogens with zero attached hydrogens (tertiary/aromatic N) is 1. The monoisotopic (exact) mass is 281 g/mol. The third kappa shape index (κ3) is 2.25. The van der Waals surface area contributed by atoms with Crippen molar-refractivity contribution in [3.05, 3.63) is 54.2 Å². The average molecular weight is 281 g/mol. The molecule has 4 heteroatoms. The quantitative estimate of drug-likeness (QED) is 0.798. The van der Waals surface area contributed by atoms with Gasteiger partial charge in [-0.05, 0) is 35.4 Å². The van der Waals surface area contributed by atoms with Crippen molar-refractivity contribution in [1.29, 1.82) is 0 Å². The number of rotatable bonds is 3. The van der Waals surface area contributed by atoms with E-state index in [2.05, 4.69) is 0 Å². The number of carboxylic acid groups (broad SMARTS) is 1. The Hall–Kier alpha value is -2.75. The van der Waals surface area contributed by atoms with E-state index >= 15 is 0 Å². The second-order valence-corrected chi connectivity index (χ2v) is 4.90. The van der Waals surface area contributed by atoms with Crippen LogP contribution >= 0.6 is 0 Å². The molecule has 0 saturated carbocycles. The second-order valence-electron chi connectivity index (χ2n) is 4.90. The van der Waals surface area contributed by atoms with Crippen molar-refractivity contribution < 1.29 is 14.6 Å². The SMILES string of the molecule is COc1ccc(-c2ccc3cc(C(=O)O)n(C)c3c2)cc1. The van der Waals surface area contributed by atoms with E-state index in [4.69, 9.17) is 4.74 Å². The average Bonchev–Trinajstić information content (AvgIpc) is 2.84. The molecule has 0 unspecified atom stereocenters. The highest BCUT2D eigenvalue weighted by molar-refractivity contribution is 5.96. The van der Waals surface area contributed by atoms with Crippen molar-refractivity contribution in [2.45, 2.75) is 0 Å². The van der Waals surface area contributed by atoms with Gasteiger partial charge in [-0.15, -0.1) is 0 Å². The maximum atomic E-state index is 11.2. The molecular weight excluding hydrogens is 266 g/mol. The van der Waals surface area contributed by atoms with Gasteiger partial charge in [-0.3, -0.25) is 0 Å². The maximum Gasteiger partial charge on any atom is 0.352 e. The molecule has 1 heterocycles. The number of hydrogen-bond donors (Lipinski definition) is 1. The van der Waals surface area contributed by atoms with E-state index in [9.17, 15) is 9.90 Å². The van der Waals surface area contributed by atoms with Gasteiger partial charge in [-0.25, -0.2) is 4.79 Å². The highest BCUT2D eigenvalue weighted by atomic mass is 16.5. The van der Waals surface area contributed by atoms with Gasteiger partial charge >= 0.3 is 5.97 Å².